The molecular weight excluding hydrogens is 426 g/mol. The predicted octanol–water partition coefficient (Wildman–Crippen LogP) is 8.28. The fraction of sp³-hybridized carbons (Fsp3) is 0.344. The van der Waals surface area contributed by atoms with E-state index in [1.165, 1.54) is 41.6 Å². The molecule has 0 saturated heterocycles. The zero-order valence-corrected chi connectivity index (χ0v) is 21.3. The van der Waals surface area contributed by atoms with Crippen molar-refractivity contribution in [1.82, 2.24) is 14.5 Å². The van der Waals surface area contributed by atoms with Crippen LogP contribution in [0.4, 0.5) is 0 Å². The molecule has 35 heavy (non-hydrogen) atoms. The molecule has 0 fully saturated rings. The molecule has 0 bridgehead atoms. The van der Waals surface area contributed by atoms with Gasteiger partial charge >= 0.3 is 0 Å². The Bertz CT molecular complexity index is 1080. The van der Waals surface area contributed by atoms with Crippen LogP contribution in [0.3, 0.4) is 0 Å². The van der Waals surface area contributed by atoms with Crippen molar-refractivity contribution in [3.05, 3.63) is 114 Å². The lowest BCUT2D eigenvalue weighted by molar-refractivity contribution is 0.159. The number of hydrogen-bond donors (Lipinski definition) is 0. The van der Waals surface area contributed by atoms with Gasteiger partial charge in [0.05, 0.1) is 17.9 Å². The number of unbranched alkanes of at least 4 members (excludes halogenated alkanes) is 2. The van der Waals surface area contributed by atoms with Gasteiger partial charge in [0.2, 0.25) is 0 Å². The van der Waals surface area contributed by atoms with E-state index >= 15 is 0 Å². The van der Waals surface area contributed by atoms with Crippen molar-refractivity contribution in [2.24, 2.45) is 0 Å². The molecule has 1 atom stereocenters. The van der Waals surface area contributed by atoms with Crippen LogP contribution in [-0.4, -0.2) is 14.5 Å². The largest absolute Gasteiger partial charge is 0.327 e. The Hall–Kier alpha value is -3.17. The maximum atomic E-state index is 5.00. The highest BCUT2D eigenvalue weighted by Gasteiger charge is 2.26. The molecular formula is C32H39N3. The van der Waals surface area contributed by atoms with Gasteiger partial charge in [-0.2, -0.15) is 0 Å². The Labute approximate surface area is 211 Å². The third-order valence-electron chi connectivity index (χ3n) is 6.72. The van der Waals surface area contributed by atoms with Gasteiger partial charge in [0.1, 0.15) is 5.82 Å². The Kier molecular flexibility index (Phi) is 9.31. The monoisotopic (exact) mass is 465 g/mol. The fourth-order valence-corrected chi connectivity index (χ4v) is 4.85. The minimum absolute atomic E-state index is 0.303. The van der Waals surface area contributed by atoms with E-state index in [0.29, 0.717) is 6.04 Å². The Balaban J connectivity index is 1.76. The number of rotatable bonds is 13. The summed E-state index contributed by atoms with van der Waals surface area (Å²) in [5.74, 6) is 1.09. The molecule has 1 aromatic heterocycles. The Morgan fingerprint density at radius 2 is 1.26 bits per heavy atom. The molecule has 3 heteroatoms. The van der Waals surface area contributed by atoms with Crippen molar-refractivity contribution >= 4 is 0 Å². The standard InChI is InChI=1S/C32H39N3/c1-3-5-22-30(31-24-33-32(35(31)23-6-4-2)29-20-14-9-15-21-29)34(25-27-16-10-7-11-17-27)26-28-18-12-8-13-19-28/h7-21,24,30H,3-6,22-23,25-26H2,1-2H3. The summed E-state index contributed by atoms with van der Waals surface area (Å²) in [6, 6.07) is 32.8. The maximum Gasteiger partial charge on any atom is 0.140 e. The molecule has 1 unspecified atom stereocenters. The van der Waals surface area contributed by atoms with E-state index in [9.17, 15) is 0 Å². The van der Waals surface area contributed by atoms with Crippen LogP contribution >= 0.6 is 0 Å². The highest BCUT2D eigenvalue weighted by atomic mass is 15.2. The van der Waals surface area contributed by atoms with Gasteiger partial charge in [-0.05, 0) is 24.0 Å². The maximum absolute atomic E-state index is 5.00. The first-order valence-corrected chi connectivity index (χ1v) is 13.2. The summed E-state index contributed by atoms with van der Waals surface area (Å²) in [5, 5.41) is 0. The zero-order chi connectivity index (χ0) is 24.3. The van der Waals surface area contributed by atoms with Crippen LogP contribution in [-0.2, 0) is 19.6 Å². The van der Waals surface area contributed by atoms with E-state index in [1.807, 2.05) is 0 Å². The van der Waals surface area contributed by atoms with Crippen molar-refractivity contribution in [2.75, 3.05) is 0 Å². The second-order valence-electron chi connectivity index (χ2n) is 9.41. The lowest BCUT2D eigenvalue weighted by atomic mass is 10.0. The molecule has 0 aliphatic rings. The summed E-state index contributed by atoms with van der Waals surface area (Å²) >= 11 is 0. The van der Waals surface area contributed by atoms with Gasteiger partial charge in [0.25, 0.3) is 0 Å². The number of benzene rings is 3. The quantitative estimate of drug-likeness (QED) is 0.198. The van der Waals surface area contributed by atoms with Crippen LogP contribution in [0.2, 0.25) is 0 Å². The van der Waals surface area contributed by atoms with Gasteiger partial charge < -0.3 is 4.57 Å². The van der Waals surface area contributed by atoms with Gasteiger partial charge in [-0.25, -0.2) is 4.98 Å². The average Bonchev–Trinajstić information content (AvgIpc) is 3.33. The average molecular weight is 466 g/mol. The summed E-state index contributed by atoms with van der Waals surface area (Å²) in [4.78, 5) is 7.66. The molecule has 182 valence electrons. The van der Waals surface area contributed by atoms with Gasteiger partial charge in [0, 0.05) is 25.2 Å². The normalized spacial score (nSPS) is 12.2. The molecule has 4 rings (SSSR count). The first-order valence-electron chi connectivity index (χ1n) is 13.2. The predicted molar refractivity (Wildman–Crippen MR) is 147 cm³/mol. The highest BCUT2D eigenvalue weighted by molar-refractivity contribution is 5.56. The first-order chi connectivity index (χ1) is 17.3. The van der Waals surface area contributed by atoms with Gasteiger partial charge in [0.15, 0.2) is 0 Å². The van der Waals surface area contributed by atoms with Crippen LogP contribution < -0.4 is 0 Å². The molecule has 0 spiro atoms. The third kappa shape index (κ3) is 6.70. The summed E-state index contributed by atoms with van der Waals surface area (Å²) in [6.45, 7) is 7.40. The van der Waals surface area contributed by atoms with E-state index < -0.39 is 0 Å². The Morgan fingerprint density at radius 3 is 1.80 bits per heavy atom. The van der Waals surface area contributed by atoms with Crippen molar-refractivity contribution in [1.29, 1.82) is 0 Å². The number of nitrogens with zero attached hydrogens (tertiary/aromatic N) is 3. The molecule has 0 saturated carbocycles. The zero-order valence-electron chi connectivity index (χ0n) is 21.3. The number of hydrogen-bond acceptors (Lipinski definition) is 2. The van der Waals surface area contributed by atoms with Gasteiger partial charge in [-0.15, -0.1) is 0 Å². The minimum Gasteiger partial charge on any atom is -0.327 e. The van der Waals surface area contributed by atoms with E-state index in [4.69, 9.17) is 4.98 Å². The first kappa shape index (κ1) is 24.9. The van der Waals surface area contributed by atoms with Crippen LogP contribution in [0.5, 0.6) is 0 Å². The summed E-state index contributed by atoms with van der Waals surface area (Å²) < 4.78 is 2.50. The van der Waals surface area contributed by atoms with Crippen molar-refractivity contribution in [3.63, 3.8) is 0 Å². The molecule has 0 amide bonds. The van der Waals surface area contributed by atoms with Crippen molar-refractivity contribution in [2.45, 2.75) is 71.6 Å². The third-order valence-corrected chi connectivity index (χ3v) is 6.72. The molecule has 3 nitrogen and oxygen atoms in total. The lowest BCUT2D eigenvalue weighted by Gasteiger charge is -2.33. The van der Waals surface area contributed by atoms with E-state index in [-0.39, 0.29) is 0 Å². The molecule has 0 aliphatic heterocycles. The van der Waals surface area contributed by atoms with Crippen LogP contribution in [0.1, 0.15) is 68.8 Å². The SMILES string of the molecule is CCCCC(c1cnc(-c2ccccc2)n1CCCC)N(Cc1ccccc1)Cc1ccccc1. The van der Waals surface area contributed by atoms with Gasteiger partial charge in [-0.1, -0.05) is 124 Å². The smallest absolute Gasteiger partial charge is 0.140 e. The number of aromatic nitrogens is 2. The lowest BCUT2D eigenvalue weighted by Crippen LogP contribution is -2.30. The van der Waals surface area contributed by atoms with E-state index in [1.54, 1.807) is 0 Å². The molecule has 0 radical (unpaired) electrons. The van der Waals surface area contributed by atoms with E-state index in [0.717, 1.165) is 38.3 Å². The highest BCUT2D eigenvalue weighted by Crippen LogP contribution is 2.33. The molecule has 0 N–H and O–H groups in total. The molecule has 1 heterocycles. The summed E-state index contributed by atoms with van der Waals surface area (Å²) in [5.41, 5.74) is 5.25. The van der Waals surface area contributed by atoms with Crippen molar-refractivity contribution in [3.8, 4) is 11.4 Å². The van der Waals surface area contributed by atoms with E-state index in [2.05, 4.69) is 121 Å². The van der Waals surface area contributed by atoms with Crippen LogP contribution in [0.25, 0.3) is 11.4 Å². The van der Waals surface area contributed by atoms with Gasteiger partial charge in [-0.3, -0.25) is 4.90 Å². The van der Waals surface area contributed by atoms with Crippen LogP contribution in [0, 0.1) is 0 Å². The van der Waals surface area contributed by atoms with Crippen LogP contribution in [0.15, 0.2) is 97.2 Å². The summed E-state index contributed by atoms with van der Waals surface area (Å²) in [6.07, 6.45) is 7.99. The second-order valence-corrected chi connectivity index (χ2v) is 9.41. The summed E-state index contributed by atoms with van der Waals surface area (Å²) in [7, 11) is 0. The second kappa shape index (κ2) is 13.1. The topological polar surface area (TPSA) is 21.1 Å². The fourth-order valence-electron chi connectivity index (χ4n) is 4.85. The number of imidazole rings is 1. The molecule has 4 aromatic rings. The minimum atomic E-state index is 0.303. The van der Waals surface area contributed by atoms with Crippen molar-refractivity contribution < 1.29 is 0 Å². The Morgan fingerprint density at radius 1 is 0.714 bits per heavy atom. The molecule has 0 aliphatic carbocycles. The molecule has 3 aromatic carbocycles.